The van der Waals surface area contributed by atoms with Gasteiger partial charge in [0, 0.05) is 43.8 Å². The fourth-order valence-electron chi connectivity index (χ4n) is 3.20. The number of benzene rings is 1. The molecular formula is C19H29Cl2N3O2. The summed E-state index contributed by atoms with van der Waals surface area (Å²) in [6, 6.07) is 8.46. The van der Waals surface area contributed by atoms with E-state index in [9.17, 15) is 4.79 Å². The van der Waals surface area contributed by atoms with Crippen molar-refractivity contribution in [2.24, 2.45) is 5.73 Å². The Kier molecular flexibility index (Phi) is 10.7. The molecule has 0 spiro atoms. The maximum absolute atomic E-state index is 11.9. The van der Waals surface area contributed by atoms with Crippen molar-refractivity contribution in [1.29, 1.82) is 0 Å². The van der Waals surface area contributed by atoms with Gasteiger partial charge in [-0.05, 0) is 37.0 Å². The molecule has 0 radical (unpaired) electrons. The molecule has 7 heteroatoms. The van der Waals surface area contributed by atoms with Crippen LogP contribution in [0.4, 0.5) is 4.79 Å². The fourth-order valence-corrected chi connectivity index (χ4v) is 3.33. The van der Waals surface area contributed by atoms with Gasteiger partial charge in [0.2, 0.25) is 0 Å². The predicted molar refractivity (Wildman–Crippen MR) is 109 cm³/mol. The second-order valence-corrected chi connectivity index (χ2v) is 6.72. The third-order valence-corrected chi connectivity index (χ3v) is 4.83. The fraction of sp³-hybridized carbons (Fsp3) is 0.526. The van der Waals surface area contributed by atoms with Crippen LogP contribution in [0.1, 0.15) is 18.4 Å². The molecule has 0 aliphatic carbocycles. The molecular weight excluding hydrogens is 373 g/mol. The van der Waals surface area contributed by atoms with E-state index in [-0.39, 0.29) is 25.1 Å². The lowest BCUT2D eigenvalue weighted by molar-refractivity contribution is 0.0788. The van der Waals surface area contributed by atoms with E-state index in [1.807, 2.05) is 12.1 Å². The van der Waals surface area contributed by atoms with Crippen LogP contribution in [0.5, 0.6) is 0 Å². The predicted octanol–water partition coefficient (Wildman–Crippen LogP) is 3.35. The number of nitrogens with zero attached hydrogens (tertiary/aromatic N) is 2. The maximum Gasteiger partial charge on any atom is 0.410 e. The van der Waals surface area contributed by atoms with Gasteiger partial charge < -0.3 is 15.4 Å². The van der Waals surface area contributed by atoms with E-state index in [0.29, 0.717) is 12.6 Å². The first-order chi connectivity index (χ1) is 12.1. The van der Waals surface area contributed by atoms with E-state index < -0.39 is 0 Å². The van der Waals surface area contributed by atoms with E-state index in [1.54, 1.807) is 11.0 Å². The number of halogens is 2. The lowest BCUT2D eigenvalue weighted by Crippen LogP contribution is -2.48. The van der Waals surface area contributed by atoms with Crippen molar-refractivity contribution in [3.63, 3.8) is 0 Å². The van der Waals surface area contributed by atoms with Gasteiger partial charge in [-0.3, -0.25) is 4.90 Å². The highest BCUT2D eigenvalue weighted by molar-refractivity contribution is 6.30. The Hall–Kier alpha value is -1.27. The monoisotopic (exact) mass is 401 g/mol. The zero-order valence-corrected chi connectivity index (χ0v) is 16.7. The number of carbonyl (C=O) groups is 1. The van der Waals surface area contributed by atoms with Gasteiger partial charge in [-0.1, -0.05) is 36.4 Å². The van der Waals surface area contributed by atoms with Crippen molar-refractivity contribution in [3.8, 4) is 0 Å². The topological polar surface area (TPSA) is 58.8 Å². The summed E-state index contributed by atoms with van der Waals surface area (Å²) < 4.78 is 5.11. The molecule has 0 aromatic heterocycles. The molecule has 0 bridgehead atoms. The highest BCUT2D eigenvalue weighted by Gasteiger charge is 2.27. The van der Waals surface area contributed by atoms with Crippen LogP contribution in [0.15, 0.2) is 36.9 Å². The second-order valence-electron chi connectivity index (χ2n) is 6.28. The van der Waals surface area contributed by atoms with Gasteiger partial charge in [-0.25, -0.2) is 4.79 Å². The Labute approximate surface area is 167 Å². The number of hydrogen-bond donors (Lipinski definition) is 1. The summed E-state index contributed by atoms with van der Waals surface area (Å²) >= 11 is 5.94. The van der Waals surface area contributed by atoms with Crippen molar-refractivity contribution in [2.75, 3.05) is 39.3 Å². The molecule has 0 atom stereocenters. The highest BCUT2D eigenvalue weighted by atomic mass is 35.5. The van der Waals surface area contributed by atoms with Crippen molar-refractivity contribution < 1.29 is 9.53 Å². The molecule has 1 amide bonds. The van der Waals surface area contributed by atoms with E-state index in [1.165, 1.54) is 5.56 Å². The first kappa shape index (κ1) is 22.8. The molecule has 1 saturated heterocycles. The van der Waals surface area contributed by atoms with Crippen LogP contribution in [0.3, 0.4) is 0 Å². The van der Waals surface area contributed by atoms with Crippen molar-refractivity contribution >= 4 is 30.1 Å². The minimum atomic E-state index is -0.245. The molecule has 1 aliphatic heterocycles. The summed E-state index contributed by atoms with van der Waals surface area (Å²) in [4.78, 5) is 16.1. The van der Waals surface area contributed by atoms with Crippen molar-refractivity contribution in [2.45, 2.75) is 25.3 Å². The largest absolute Gasteiger partial charge is 0.445 e. The van der Waals surface area contributed by atoms with Gasteiger partial charge in [-0.15, -0.1) is 12.4 Å². The summed E-state index contributed by atoms with van der Waals surface area (Å²) in [5.74, 6) is 0. The maximum atomic E-state index is 11.9. The molecule has 1 fully saturated rings. The average molecular weight is 402 g/mol. The molecule has 2 rings (SSSR count). The lowest BCUT2D eigenvalue weighted by Gasteiger charge is -2.38. The molecule has 2 N–H and O–H groups in total. The number of carbonyl (C=O) groups excluding carboxylic acids is 1. The number of rotatable bonds is 8. The number of amides is 1. The molecule has 0 unspecified atom stereocenters. The van der Waals surface area contributed by atoms with Crippen LogP contribution in [0.25, 0.3) is 0 Å². The van der Waals surface area contributed by atoms with Crippen LogP contribution in [-0.4, -0.2) is 61.3 Å². The van der Waals surface area contributed by atoms with E-state index in [2.05, 4.69) is 23.6 Å². The molecule has 1 heterocycles. The standard InChI is InChI=1S/C19H28ClN3O2.ClH/c1-2-15-25-19(24)23-12-8-18(9-13-23)22(14-10-21)11-7-16-3-5-17(20)6-4-16;/h2-6,18H,1,7-15,21H2;1H. The van der Waals surface area contributed by atoms with E-state index in [0.717, 1.165) is 50.5 Å². The van der Waals surface area contributed by atoms with Crippen LogP contribution >= 0.6 is 24.0 Å². The molecule has 0 saturated carbocycles. The Morgan fingerprint density at radius 3 is 2.54 bits per heavy atom. The first-order valence-electron chi connectivity index (χ1n) is 8.85. The van der Waals surface area contributed by atoms with Gasteiger partial charge >= 0.3 is 6.09 Å². The van der Waals surface area contributed by atoms with Gasteiger partial charge in [0.1, 0.15) is 6.61 Å². The smallest absolute Gasteiger partial charge is 0.410 e. The minimum absolute atomic E-state index is 0. The van der Waals surface area contributed by atoms with Crippen LogP contribution in [-0.2, 0) is 11.2 Å². The van der Waals surface area contributed by atoms with Crippen LogP contribution < -0.4 is 5.73 Å². The molecule has 146 valence electrons. The molecule has 5 nitrogen and oxygen atoms in total. The number of piperidine rings is 1. The Morgan fingerprint density at radius 2 is 1.96 bits per heavy atom. The normalized spacial score (nSPS) is 14.8. The molecule has 1 aromatic rings. The number of hydrogen-bond acceptors (Lipinski definition) is 4. The van der Waals surface area contributed by atoms with Crippen molar-refractivity contribution in [1.82, 2.24) is 9.80 Å². The van der Waals surface area contributed by atoms with Gasteiger partial charge in [0.25, 0.3) is 0 Å². The summed E-state index contributed by atoms with van der Waals surface area (Å²) in [6.45, 7) is 7.75. The quantitative estimate of drug-likeness (QED) is 0.678. The minimum Gasteiger partial charge on any atom is -0.445 e. The van der Waals surface area contributed by atoms with E-state index >= 15 is 0 Å². The summed E-state index contributed by atoms with van der Waals surface area (Å²) in [7, 11) is 0. The SMILES string of the molecule is C=CCOC(=O)N1CCC(N(CCN)CCc2ccc(Cl)cc2)CC1.Cl. The lowest BCUT2D eigenvalue weighted by atomic mass is 10.0. The highest BCUT2D eigenvalue weighted by Crippen LogP contribution is 2.18. The van der Waals surface area contributed by atoms with E-state index in [4.69, 9.17) is 22.1 Å². The van der Waals surface area contributed by atoms with Crippen LogP contribution in [0.2, 0.25) is 5.02 Å². The summed E-state index contributed by atoms with van der Waals surface area (Å²) in [6.07, 6.45) is 4.21. The molecule has 1 aromatic carbocycles. The number of likely N-dealkylation sites (tertiary alicyclic amines) is 1. The second kappa shape index (κ2) is 12.2. The summed E-state index contributed by atoms with van der Waals surface area (Å²) in [5, 5.41) is 0.762. The number of ether oxygens (including phenoxy) is 1. The molecule has 26 heavy (non-hydrogen) atoms. The zero-order chi connectivity index (χ0) is 18.1. The Balaban J connectivity index is 0.00000338. The average Bonchev–Trinajstić information content (AvgIpc) is 2.64. The Bertz CT molecular complexity index is 546. The van der Waals surface area contributed by atoms with Crippen molar-refractivity contribution in [3.05, 3.63) is 47.5 Å². The number of nitrogens with two attached hydrogens (primary N) is 1. The zero-order valence-electron chi connectivity index (χ0n) is 15.1. The third kappa shape index (κ3) is 7.16. The van der Waals surface area contributed by atoms with Gasteiger partial charge in [-0.2, -0.15) is 0 Å². The van der Waals surface area contributed by atoms with Gasteiger partial charge in [0.05, 0.1) is 0 Å². The van der Waals surface area contributed by atoms with Crippen LogP contribution in [0, 0.1) is 0 Å². The Morgan fingerprint density at radius 1 is 1.31 bits per heavy atom. The first-order valence-corrected chi connectivity index (χ1v) is 9.23. The molecule has 1 aliphatic rings. The summed E-state index contributed by atoms with van der Waals surface area (Å²) in [5.41, 5.74) is 7.08. The van der Waals surface area contributed by atoms with Gasteiger partial charge in [0.15, 0.2) is 0 Å². The third-order valence-electron chi connectivity index (χ3n) is 4.58.